The van der Waals surface area contributed by atoms with Crippen LogP contribution in [0.5, 0.6) is 0 Å². The highest BCUT2D eigenvalue weighted by molar-refractivity contribution is 5.97. The second-order valence-corrected chi connectivity index (χ2v) is 4.59. The Morgan fingerprint density at radius 2 is 2.20 bits per heavy atom. The predicted octanol–water partition coefficient (Wildman–Crippen LogP) is 3.00. The first kappa shape index (κ1) is 7.69. The highest BCUT2D eigenvalue weighted by Crippen LogP contribution is 2.54. The second-order valence-electron chi connectivity index (χ2n) is 4.59. The molecule has 1 aromatic carbocycles. The maximum atomic E-state index is 4.62. The van der Waals surface area contributed by atoms with E-state index in [9.17, 15) is 0 Å². The largest absolute Gasteiger partial charge is 0.345 e. The van der Waals surface area contributed by atoms with Crippen LogP contribution in [-0.4, -0.2) is 10.8 Å². The minimum atomic E-state index is 0.723. The van der Waals surface area contributed by atoms with Gasteiger partial charge in [0.1, 0.15) is 0 Å². The molecule has 74 valence electrons. The standard InChI is InChI=1S/C13H12N2/c1-15-11-5-3-2-4-9(11)12-13(15)10-6-8(10)7-14-12/h2-5,7-8,10H,6H2,1H3. The Hall–Kier alpha value is -1.57. The molecule has 0 N–H and O–H groups in total. The molecule has 2 nitrogen and oxygen atoms in total. The van der Waals surface area contributed by atoms with Crippen LogP contribution in [0.3, 0.4) is 0 Å². The molecule has 0 amide bonds. The molecule has 2 aromatic rings. The topological polar surface area (TPSA) is 17.3 Å². The molecule has 2 atom stereocenters. The molecule has 2 heteroatoms. The molecule has 1 fully saturated rings. The van der Waals surface area contributed by atoms with Gasteiger partial charge in [0.15, 0.2) is 0 Å². The number of nitrogens with zero attached hydrogens (tertiary/aromatic N) is 2. The molecule has 0 saturated heterocycles. The van der Waals surface area contributed by atoms with Crippen LogP contribution in [0.1, 0.15) is 18.0 Å². The molecule has 2 heterocycles. The van der Waals surface area contributed by atoms with E-state index < -0.39 is 0 Å². The van der Waals surface area contributed by atoms with Gasteiger partial charge in [-0.1, -0.05) is 18.2 Å². The second kappa shape index (κ2) is 2.32. The van der Waals surface area contributed by atoms with Crippen molar-refractivity contribution < 1.29 is 0 Å². The van der Waals surface area contributed by atoms with Gasteiger partial charge in [0.25, 0.3) is 0 Å². The lowest BCUT2D eigenvalue weighted by molar-refractivity contribution is 0.839. The number of hydrogen-bond donors (Lipinski definition) is 0. The first-order valence-electron chi connectivity index (χ1n) is 5.48. The van der Waals surface area contributed by atoms with E-state index in [-0.39, 0.29) is 0 Å². The highest BCUT2D eigenvalue weighted by atomic mass is 15.0. The summed E-state index contributed by atoms with van der Waals surface area (Å²) < 4.78 is 2.33. The van der Waals surface area contributed by atoms with E-state index in [4.69, 9.17) is 0 Å². The molecular weight excluding hydrogens is 184 g/mol. The number of fused-ring (bicyclic) bond motifs is 5. The van der Waals surface area contributed by atoms with E-state index in [1.54, 1.807) is 0 Å². The first-order chi connectivity index (χ1) is 7.36. The van der Waals surface area contributed by atoms with Crippen molar-refractivity contribution in [3.63, 3.8) is 0 Å². The average Bonchev–Trinajstić information content (AvgIpc) is 3.01. The lowest BCUT2D eigenvalue weighted by atomic mass is 10.1. The fourth-order valence-corrected chi connectivity index (χ4v) is 2.82. The molecule has 1 aliphatic carbocycles. The minimum Gasteiger partial charge on any atom is -0.345 e. The molecule has 15 heavy (non-hydrogen) atoms. The first-order valence-corrected chi connectivity index (χ1v) is 5.48. The van der Waals surface area contributed by atoms with Crippen molar-refractivity contribution >= 4 is 22.8 Å². The van der Waals surface area contributed by atoms with Crippen molar-refractivity contribution in [1.29, 1.82) is 0 Å². The van der Waals surface area contributed by atoms with Crippen LogP contribution in [0.15, 0.2) is 29.3 Å². The fourth-order valence-electron chi connectivity index (χ4n) is 2.82. The van der Waals surface area contributed by atoms with Crippen LogP contribution in [0, 0.1) is 5.92 Å². The zero-order valence-electron chi connectivity index (χ0n) is 8.64. The summed E-state index contributed by atoms with van der Waals surface area (Å²) in [5, 5.41) is 1.30. The van der Waals surface area contributed by atoms with Crippen molar-refractivity contribution in [2.24, 2.45) is 18.0 Å². The van der Waals surface area contributed by atoms with E-state index >= 15 is 0 Å². The van der Waals surface area contributed by atoms with Gasteiger partial charge in [0.2, 0.25) is 0 Å². The van der Waals surface area contributed by atoms with Gasteiger partial charge in [-0.05, 0) is 12.5 Å². The van der Waals surface area contributed by atoms with Gasteiger partial charge in [-0.15, -0.1) is 0 Å². The van der Waals surface area contributed by atoms with E-state index in [1.807, 2.05) is 0 Å². The van der Waals surface area contributed by atoms with Crippen molar-refractivity contribution in [3.05, 3.63) is 30.0 Å². The third-order valence-electron chi connectivity index (χ3n) is 3.71. The summed E-state index contributed by atoms with van der Waals surface area (Å²) in [4.78, 5) is 4.62. The lowest BCUT2D eigenvalue weighted by Crippen LogP contribution is -1.98. The normalized spacial score (nSPS) is 26.5. The van der Waals surface area contributed by atoms with Crippen molar-refractivity contribution in [1.82, 2.24) is 4.57 Å². The molecule has 0 spiro atoms. The van der Waals surface area contributed by atoms with Crippen LogP contribution in [0.25, 0.3) is 10.9 Å². The number of rotatable bonds is 0. The smallest absolute Gasteiger partial charge is 0.0916 e. The van der Waals surface area contributed by atoms with Crippen LogP contribution in [0.2, 0.25) is 0 Å². The number of aromatic nitrogens is 1. The number of benzene rings is 1. The van der Waals surface area contributed by atoms with Gasteiger partial charge in [0, 0.05) is 36.2 Å². The van der Waals surface area contributed by atoms with Crippen molar-refractivity contribution in [2.75, 3.05) is 0 Å². The molecule has 4 rings (SSSR count). The lowest BCUT2D eigenvalue weighted by Gasteiger charge is -2.06. The third kappa shape index (κ3) is 0.827. The van der Waals surface area contributed by atoms with Gasteiger partial charge in [-0.3, -0.25) is 4.99 Å². The summed E-state index contributed by atoms with van der Waals surface area (Å²) >= 11 is 0. The highest BCUT2D eigenvalue weighted by Gasteiger charge is 2.43. The Bertz CT molecular complexity index is 592. The van der Waals surface area contributed by atoms with Gasteiger partial charge in [-0.25, -0.2) is 0 Å². The Kier molecular flexibility index (Phi) is 1.19. The van der Waals surface area contributed by atoms with Crippen LogP contribution >= 0.6 is 0 Å². The molecule has 2 unspecified atom stereocenters. The Balaban J connectivity index is 2.19. The summed E-state index contributed by atoms with van der Waals surface area (Å²) in [6.45, 7) is 0. The monoisotopic (exact) mass is 196 g/mol. The molecule has 1 aliphatic heterocycles. The van der Waals surface area contributed by atoms with Crippen LogP contribution in [-0.2, 0) is 7.05 Å². The van der Waals surface area contributed by atoms with Gasteiger partial charge in [-0.2, -0.15) is 0 Å². The maximum absolute atomic E-state index is 4.62. The molecule has 1 saturated carbocycles. The summed E-state index contributed by atoms with van der Waals surface area (Å²) in [7, 11) is 2.16. The Labute approximate surface area is 88.2 Å². The summed E-state index contributed by atoms with van der Waals surface area (Å²) in [6, 6.07) is 8.55. The van der Waals surface area contributed by atoms with Crippen LogP contribution in [0.4, 0.5) is 5.69 Å². The van der Waals surface area contributed by atoms with Crippen LogP contribution < -0.4 is 0 Å². The molecule has 0 bridgehead atoms. The predicted molar refractivity (Wildman–Crippen MR) is 61.9 cm³/mol. The zero-order valence-corrected chi connectivity index (χ0v) is 8.64. The van der Waals surface area contributed by atoms with E-state index in [0.717, 1.165) is 11.8 Å². The van der Waals surface area contributed by atoms with Crippen molar-refractivity contribution in [2.45, 2.75) is 12.3 Å². The van der Waals surface area contributed by atoms with Gasteiger partial charge in [0.05, 0.1) is 11.2 Å². The van der Waals surface area contributed by atoms with E-state index in [2.05, 4.69) is 47.1 Å². The summed E-state index contributed by atoms with van der Waals surface area (Å²) in [5.41, 5.74) is 3.97. The number of para-hydroxylation sites is 1. The summed E-state index contributed by atoms with van der Waals surface area (Å²) in [6.07, 6.45) is 3.43. The van der Waals surface area contributed by atoms with Crippen molar-refractivity contribution in [3.8, 4) is 0 Å². The number of aliphatic imine (C=N–C) groups is 1. The molecule has 1 aromatic heterocycles. The SMILES string of the molecule is Cn1c2c(c3ccccc31)N=CC1CC21. The van der Waals surface area contributed by atoms with Gasteiger partial charge < -0.3 is 4.57 Å². The Morgan fingerprint density at radius 3 is 3.13 bits per heavy atom. The third-order valence-corrected chi connectivity index (χ3v) is 3.71. The van der Waals surface area contributed by atoms with E-state index in [1.165, 1.54) is 28.7 Å². The molecule has 2 aliphatic rings. The zero-order chi connectivity index (χ0) is 9.99. The van der Waals surface area contributed by atoms with Gasteiger partial charge >= 0.3 is 0 Å². The quantitative estimate of drug-likeness (QED) is 0.616. The number of hydrogen-bond acceptors (Lipinski definition) is 1. The maximum Gasteiger partial charge on any atom is 0.0916 e. The average molecular weight is 196 g/mol. The fraction of sp³-hybridized carbons (Fsp3) is 0.308. The minimum absolute atomic E-state index is 0.723. The molecule has 0 radical (unpaired) electrons. The summed E-state index contributed by atoms with van der Waals surface area (Å²) in [5.74, 6) is 1.47. The van der Waals surface area contributed by atoms with E-state index in [0.29, 0.717) is 0 Å². The molecular formula is C13H12N2. The number of aryl methyl sites for hydroxylation is 1. The Morgan fingerprint density at radius 1 is 1.33 bits per heavy atom.